The van der Waals surface area contributed by atoms with Gasteiger partial charge in [-0.25, -0.2) is 4.98 Å². The van der Waals surface area contributed by atoms with E-state index in [9.17, 15) is 10.1 Å². The lowest BCUT2D eigenvalue weighted by molar-refractivity contribution is -0.385. The molecule has 2 aromatic carbocycles. The van der Waals surface area contributed by atoms with Crippen LogP contribution < -0.4 is 10.2 Å². The summed E-state index contributed by atoms with van der Waals surface area (Å²) in [4.78, 5) is 14.1. The van der Waals surface area contributed by atoms with Crippen molar-refractivity contribution in [1.29, 1.82) is 0 Å². The highest BCUT2D eigenvalue weighted by Gasteiger charge is 2.06. The lowest BCUT2D eigenvalue weighted by atomic mass is 10.0. The van der Waals surface area contributed by atoms with Crippen molar-refractivity contribution in [1.82, 2.24) is 4.98 Å². The van der Waals surface area contributed by atoms with Gasteiger partial charge < -0.3 is 4.74 Å². The minimum atomic E-state index is -0.494. The zero-order valence-corrected chi connectivity index (χ0v) is 13.5. The fourth-order valence-corrected chi connectivity index (χ4v) is 2.42. The second kappa shape index (κ2) is 7.39. The molecule has 0 aliphatic rings. The molecule has 1 aromatic heterocycles. The van der Waals surface area contributed by atoms with Gasteiger partial charge in [0.1, 0.15) is 17.8 Å². The molecule has 126 valence electrons. The number of nitrogens with one attached hydrogen (secondary N) is 1. The van der Waals surface area contributed by atoms with Gasteiger partial charge >= 0.3 is 0 Å². The molecule has 1 heterocycles. The molecule has 0 aliphatic heterocycles. The maximum absolute atomic E-state index is 10.6. The SMILES string of the molecule is CCOc1ccc(C=NNc2ccc([N+](=O)[O-])cn2)c2ccccc12. The standard InChI is InChI=1S/C18H16N4O3/c1-2-25-17-9-7-13(15-5-3-4-6-16(15)17)11-20-21-18-10-8-14(12-19-18)22(23)24/h3-12H,2H2,1H3,(H,19,21). The van der Waals surface area contributed by atoms with Gasteiger partial charge in [0.05, 0.1) is 17.7 Å². The molecule has 3 aromatic rings. The first kappa shape index (κ1) is 16.4. The summed E-state index contributed by atoms with van der Waals surface area (Å²) in [5, 5.41) is 16.8. The minimum Gasteiger partial charge on any atom is -0.493 e. The zero-order chi connectivity index (χ0) is 17.6. The van der Waals surface area contributed by atoms with Crippen LogP contribution in [0.25, 0.3) is 10.8 Å². The second-order valence-corrected chi connectivity index (χ2v) is 5.16. The van der Waals surface area contributed by atoms with Gasteiger partial charge in [-0.05, 0) is 30.5 Å². The molecular formula is C18H16N4O3. The van der Waals surface area contributed by atoms with Crippen LogP contribution in [0.3, 0.4) is 0 Å². The first-order chi connectivity index (χ1) is 12.2. The van der Waals surface area contributed by atoms with E-state index in [1.165, 1.54) is 18.3 Å². The number of hydrazone groups is 1. The van der Waals surface area contributed by atoms with Crippen molar-refractivity contribution >= 4 is 28.5 Å². The van der Waals surface area contributed by atoms with Gasteiger partial charge in [0.15, 0.2) is 0 Å². The Balaban J connectivity index is 1.81. The van der Waals surface area contributed by atoms with Crippen LogP contribution in [0, 0.1) is 10.1 Å². The van der Waals surface area contributed by atoms with Crippen LogP contribution in [-0.4, -0.2) is 22.7 Å². The number of nitro groups is 1. The van der Waals surface area contributed by atoms with E-state index >= 15 is 0 Å². The Hall–Kier alpha value is -3.48. The highest BCUT2D eigenvalue weighted by molar-refractivity contribution is 6.02. The molecule has 0 atom stereocenters. The summed E-state index contributed by atoms with van der Waals surface area (Å²) in [5.74, 6) is 1.26. The molecule has 0 radical (unpaired) electrons. The van der Waals surface area contributed by atoms with E-state index in [0.29, 0.717) is 12.4 Å². The average molecular weight is 336 g/mol. The van der Waals surface area contributed by atoms with Crippen LogP contribution in [0.4, 0.5) is 11.5 Å². The Bertz CT molecular complexity index is 923. The number of aromatic nitrogens is 1. The van der Waals surface area contributed by atoms with Crippen LogP contribution in [0.1, 0.15) is 12.5 Å². The first-order valence-corrected chi connectivity index (χ1v) is 7.73. The molecule has 0 fully saturated rings. The smallest absolute Gasteiger partial charge is 0.287 e. The zero-order valence-electron chi connectivity index (χ0n) is 13.5. The van der Waals surface area contributed by atoms with Crippen molar-refractivity contribution in [2.45, 2.75) is 6.92 Å². The first-order valence-electron chi connectivity index (χ1n) is 7.73. The summed E-state index contributed by atoms with van der Waals surface area (Å²) in [5.41, 5.74) is 3.63. The number of fused-ring (bicyclic) bond motifs is 1. The molecule has 1 N–H and O–H groups in total. The summed E-state index contributed by atoms with van der Waals surface area (Å²) in [6.07, 6.45) is 2.87. The summed E-state index contributed by atoms with van der Waals surface area (Å²) in [7, 11) is 0. The van der Waals surface area contributed by atoms with E-state index in [0.717, 1.165) is 22.1 Å². The second-order valence-electron chi connectivity index (χ2n) is 5.16. The van der Waals surface area contributed by atoms with Crippen molar-refractivity contribution in [3.63, 3.8) is 0 Å². The minimum absolute atomic E-state index is 0.0629. The monoisotopic (exact) mass is 336 g/mol. The van der Waals surface area contributed by atoms with Gasteiger partial charge in [-0.3, -0.25) is 15.5 Å². The van der Waals surface area contributed by atoms with Crippen molar-refractivity contribution < 1.29 is 9.66 Å². The quantitative estimate of drug-likeness (QED) is 0.417. The lowest BCUT2D eigenvalue weighted by Gasteiger charge is -2.09. The number of hydrogen-bond donors (Lipinski definition) is 1. The Morgan fingerprint density at radius 3 is 2.68 bits per heavy atom. The van der Waals surface area contributed by atoms with Crippen molar-refractivity contribution in [3.05, 3.63) is 70.4 Å². The predicted octanol–water partition coefficient (Wildman–Crippen LogP) is 3.99. The molecule has 25 heavy (non-hydrogen) atoms. The summed E-state index contributed by atoms with van der Waals surface area (Å²) in [6, 6.07) is 14.7. The van der Waals surface area contributed by atoms with Crippen LogP contribution in [0.2, 0.25) is 0 Å². The predicted molar refractivity (Wildman–Crippen MR) is 97.2 cm³/mol. The van der Waals surface area contributed by atoms with Crippen LogP contribution in [0.15, 0.2) is 59.8 Å². The third kappa shape index (κ3) is 3.72. The number of benzene rings is 2. The molecule has 0 aliphatic carbocycles. The lowest BCUT2D eigenvalue weighted by Crippen LogP contribution is -1.96. The fraction of sp³-hybridized carbons (Fsp3) is 0.111. The molecular weight excluding hydrogens is 320 g/mol. The Kier molecular flexibility index (Phi) is 4.84. The Morgan fingerprint density at radius 2 is 2.00 bits per heavy atom. The molecule has 0 spiro atoms. The maximum atomic E-state index is 10.6. The third-order valence-electron chi connectivity index (χ3n) is 3.56. The Labute approximate surface area is 144 Å². The summed E-state index contributed by atoms with van der Waals surface area (Å²) < 4.78 is 5.65. The number of nitrogens with zero attached hydrogens (tertiary/aromatic N) is 3. The van der Waals surface area contributed by atoms with E-state index in [2.05, 4.69) is 15.5 Å². The number of hydrogen-bond acceptors (Lipinski definition) is 6. The van der Waals surface area contributed by atoms with Gasteiger partial charge in [-0.15, -0.1) is 0 Å². The number of ether oxygens (including phenoxy) is 1. The molecule has 0 amide bonds. The van der Waals surface area contributed by atoms with Gasteiger partial charge in [-0.2, -0.15) is 5.10 Å². The maximum Gasteiger partial charge on any atom is 0.287 e. The van der Waals surface area contributed by atoms with Gasteiger partial charge in [-0.1, -0.05) is 24.3 Å². The van der Waals surface area contributed by atoms with Crippen molar-refractivity contribution in [2.75, 3.05) is 12.0 Å². The van der Waals surface area contributed by atoms with Crippen LogP contribution >= 0.6 is 0 Å². The van der Waals surface area contributed by atoms with Gasteiger partial charge in [0, 0.05) is 17.0 Å². The van der Waals surface area contributed by atoms with E-state index < -0.39 is 4.92 Å². The third-order valence-corrected chi connectivity index (χ3v) is 3.56. The van der Waals surface area contributed by atoms with E-state index in [4.69, 9.17) is 4.74 Å². The van der Waals surface area contributed by atoms with E-state index in [1.54, 1.807) is 6.21 Å². The van der Waals surface area contributed by atoms with Crippen molar-refractivity contribution in [2.24, 2.45) is 5.10 Å². The number of rotatable bonds is 6. The average Bonchev–Trinajstić information content (AvgIpc) is 2.64. The Morgan fingerprint density at radius 1 is 1.20 bits per heavy atom. The largest absolute Gasteiger partial charge is 0.493 e. The van der Waals surface area contributed by atoms with Crippen LogP contribution in [0.5, 0.6) is 5.75 Å². The number of pyridine rings is 1. The highest BCUT2D eigenvalue weighted by Crippen LogP contribution is 2.27. The normalized spacial score (nSPS) is 10.9. The van der Waals surface area contributed by atoms with Gasteiger partial charge in [0.25, 0.3) is 5.69 Å². The van der Waals surface area contributed by atoms with Crippen molar-refractivity contribution in [3.8, 4) is 5.75 Å². The number of anilines is 1. The van der Waals surface area contributed by atoms with E-state index in [1.807, 2.05) is 43.3 Å². The summed E-state index contributed by atoms with van der Waals surface area (Å²) in [6.45, 7) is 2.55. The fourth-order valence-electron chi connectivity index (χ4n) is 2.42. The molecule has 3 rings (SSSR count). The molecule has 0 saturated heterocycles. The molecule has 0 unspecified atom stereocenters. The molecule has 7 nitrogen and oxygen atoms in total. The topological polar surface area (TPSA) is 89.6 Å². The summed E-state index contributed by atoms with van der Waals surface area (Å²) >= 11 is 0. The molecule has 0 bridgehead atoms. The molecule has 7 heteroatoms. The highest BCUT2D eigenvalue weighted by atomic mass is 16.6. The molecule has 0 saturated carbocycles. The van der Waals surface area contributed by atoms with E-state index in [-0.39, 0.29) is 5.69 Å². The van der Waals surface area contributed by atoms with Gasteiger partial charge in [0.2, 0.25) is 0 Å². The van der Waals surface area contributed by atoms with Crippen LogP contribution in [-0.2, 0) is 0 Å².